The van der Waals surface area contributed by atoms with Crippen LogP contribution >= 0.6 is 0 Å². The minimum absolute atomic E-state index is 0.149. The molecular formula is C20H25FN2O4S. The van der Waals surface area contributed by atoms with E-state index in [4.69, 9.17) is 4.74 Å². The Balaban J connectivity index is 1.95. The number of carbonyl (C=O) groups excluding carboxylic acids is 1. The Labute approximate surface area is 165 Å². The summed E-state index contributed by atoms with van der Waals surface area (Å²) >= 11 is 0. The van der Waals surface area contributed by atoms with Gasteiger partial charge in [-0.2, -0.15) is 0 Å². The lowest BCUT2D eigenvalue weighted by atomic mass is 10.2. The molecule has 0 aromatic heterocycles. The van der Waals surface area contributed by atoms with Gasteiger partial charge in [-0.3, -0.25) is 9.10 Å². The van der Waals surface area contributed by atoms with Crippen LogP contribution in [-0.2, 0) is 21.4 Å². The van der Waals surface area contributed by atoms with Gasteiger partial charge in [-0.1, -0.05) is 24.3 Å². The maximum atomic E-state index is 13.2. The normalized spacial score (nSPS) is 11.1. The van der Waals surface area contributed by atoms with E-state index in [2.05, 4.69) is 5.32 Å². The first-order valence-corrected chi connectivity index (χ1v) is 10.9. The van der Waals surface area contributed by atoms with Crippen molar-refractivity contribution in [3.05, 3.63) is 59.9 Å². The summed E-state index contributed by atoms with van der Waals surface area (Å²) in [4.78, 5) is 12.0. The van der Waals surface area contributed by atoms with Crippen molar-refractivity contribution in [2.24, 2.45) is 0 Å². The van der Waals surface area contributed by atoms with Gasteiger partial charge in [0.25, 0.3) is 0 Å². The summed E-state index contributed by atoms with van der Waals surface area (Å²) < 4.78 is 44.4. The van der Waals surface area contributed by atoms with E-state index in [1.54, 1.807) is 36.4 Å². The Morgan fingerprint density at radius 3 is 2.61 bits per heavy atom. The van der Waals surface area contributed by atoms with Crippen molar-refractivity contribution < 1.29 is 22.3 Å². The minimum Gasteiger partial charge on any atom is -0.492 e. The molecule has 0 spiro atoms. The summed E-state index contributed by atoms with van der Waals surface area (Å²) in [5, 5.41) is 2.71. The first-order valence-electron chi connectivity index (χ1n) is 9.02. The van der Waals surface area contributed by atoms with Crippen molar-refractivity contribution in [2.75, 3.05) is 23.7 Å². The third-order valence-corrected chi connectivity index (χ3v) is 5.16. The average molecular weight is 408 g/mol. The van der Waals surface area contributed by atoms with Crippen LogP contribution in [0.5, 0.6) is 5.75 Å². The molecule has 152 valence electrons. The van der Waals surface area contributed by atoms with Gasteiger partial charge in [0, 0.05) is 19.5 Å². The summed E-state index contributed by atoms with van der Waals surface area (Å²) in [7, 11) is -3.54. The van der Waals surface area contributed by atoms with E-state index in [0.29, 0.717) is 30.0 Å². The van der Waals surface area contributed by atoms with E-state index >= 15 is 0 Å². The summed E-state index contributed by atoms with van der Waals surface area (Å²) in [5.74, 6) is -0.106. The number of hydrogen-bond donors (Lipinski definition) is 1. The molecule has 1 N–H and O–H groups in total. The topological polar surface area (TPSA) is 75.7 Å². The monoisotopic (exact) mass is 408 g/mol. The zero-order valence-corrected chi connectivity index (χ0v) is 16.8. The number of nitrogens with one attached hydrogen (secondary N) is 1. The van der Waals surface area contributed by atoms with Gasteiger partial charge in [0.1, 0.15) is 11.6 Å². The van der Waals surface area contributed by atoms with Crippen LogP contribution in [0.15, 0.2) is 48.5 Å². The van der Waals surface area contributed by atoms with Crippen molar-refractivity contribution in [3.8, 4) is 5.75 Å². The molecule has 2 aromatic carbocycles. The highest BCUT2D eigenvalue weighted by atomic mass is 32.2. The molecule has 0 saturated carbocycles. The number of carbonyl (C=O) groups is 1. The molecule has 0 aliphatic carbocycles. The second-order valence-electron chi connectivity index (χ2n) is 6.25. The molecular weight excluding hydrogens is 383 g/mol. The minimum atomic E-state index is -3.54. The first-order chi connectivity index (χ1) is 13.3. The molecule has 0 radical (unpaired) electrons. The van der Waals surface area contributed by atoms with Gasteiger partial charge >= 0.3 is 0 Å². The zero-order chi connectivity index (χ0) is 20.6. The van der Waals surface area contributed by atoms with Gasteiger partial charge in [-0.15, -0.1) is 0 Å². The quantitative estimate of drug-likeness (QED) is 0.656. The Kier molecular flexibility index (Phi) is 7.80. The number of sulfonamides is 1. The van der Waals surface area contributed by atoms with E-state index in [1.807, 2.05) is 6.92 Å². The number of para-hydroxylation sites is 2. The lowest BCUT2D eigenvalue weighted by Crippen LogP contribution is -2.32. The molecule has 1 amide bonds. The number of hydrogen-bond acceptors (Lipinski definition) is 4. The third-order valence-electron chi connectivity index (χ3n) is 3.98. The smallest absolute Gasteiger partial charge is 0.232 e. The number of rotatable bonds is 10. The van der Waals surface area contributed by atoms with Crippen LogP contribution in [0.2, 0.25) is 0 Å². The maximum absolute atomic E-state index is 13.2. The molecule has 28 heavy (non-hydrogen) atoms. The summed E-state index contributed by atoms with van der Waals surface area (Å²) in [6, 6.07) is 12.9. The van der Waals surface area contributed by atoms with Crippen molar-refractivity contribution in [2.45, 2.75) is 26.3 Å². The predicted molar refractivity (Wildman–Crippen MR) is 107 cm³/mol. The van der Waals surface area contributed by atoms with Crippen LogP contribution in [0.3, 0.4) is 0 Å². The molecule has 0 aliphatic rings. The Hall–Kier alpha value is -2.61. The number of nitrogens with zero attached hydrogens (tertiary/aromatic N) is 1. The summed E-state index contributed by atoms with van der Waals surface area (Å²) in [6.07, 6.45) is 1.61. The van der Waals surface area contributed by atoms with E-state index < -0.39 is 10.0 Å². The van der Waals surface area contributed by atoms with E-state index in [-0.39, 0.29) is 31.2 Å². The molecule has 2 rings (SSSR count). The molecule has 0 bridgehead atoms. The average Bonchev–Trinajstić information content (AvgIpc) is 2.64. The molecule has 0 saturated heterocycles. The highest BCUT2D eigenvalue weighted by Crippen LogP contribution is 2.30. The van der Waals surface area contributed by atoms with E-state index in [9.17, 15) is 17.6 Å². The second-order valence-corrected chi connectivity index (χ2v) is 8.15. The predicted octanol–water partition coefficient (Wildman–Crippen LogP) is 3.09. The lowest BCUT2D eigenvalue weighted by molar-refractivity contribution is -0.121. The molecule has 0 atom stereocenters. The van der Waals surface area contributed by atoms with Crippen LogP contribution in [0.4, 0.5) is 10.1 Å². The van der Waals surface area contributed by atoms with Gasteiger partial charge in [-0.25, -0.2) is 12.8 Å². The highest BCUT2D eigenvalue weighted by Gasteiger charge is 2.21. The van der Waals surface area contributed by atoms with Gasteiger partial charge in [-0.05, 0) is 43.2 Å². The number of amides is 1. The van der Waals surface area contributed by atoms with Gasteiger partial charge in [0.05, 0.1) is 18.6 Å². The fraction of sp³-hybridized carbons (Fsp3) is 0.350. The number of benzene rings is 2. The van der Waals surface area contributed by atoms with Crippen molar-refractivity contribution in [1.29, 1.82) is 0 Å². The van der Waals surface area contributed by atoms with Gasteiger partial charge in [0.2, 0.25) is 15.9 Å². The number of halogens is 1. The first kappa shape index (κ1) is 21.7. The lowest BCUT2D eigenvalue weighted by Gasteiger charge is -2.24. The summed E-state index contributed by atoms with van der Waals surface area (Å²) in [6.45, 7) is 2.61. The highest BCUT2D eigenvalue weighted by molar-refractivity contribution is 7.92. The molecule has 2 aromatic rings. The zero-order valence-electron chi connectivity index (χ0n) is 16.0. The van der Waals surface area contributed by atoms with E-state index in [0.717, 1.165) is 6.26 Å². The standard InChI is InChI=1S/C20H25FN2O4S/c1-3-27-19-11-5-4-10-18(19)23(28(2,25)26)13-7-12-20(24)22-15-16-8-6-9-17(21)14-16/h4-6,8-11,14H,3,7,12-13,15H2,1-2H3,(H,22,24). The van der Waals surface area contributed by atoms with Crippen LogP contribution in [0, 0.1) is 5.82 Å². The van der Waals surface area contributed by atoms with Crippen LogP contribution < -0.4 is 14.4 Å². The number of anilines is 1. The molecule has 6 nitrogen and oxygen atoms in total. The van der Waals surface area contributed by atoms with Crippen molar-refractivity contribution in [3.63, 3.8) is 0 Å². The Morgan fingerprint density at radius 2 is 1.93 bits per heavy atom. The molecule has 0 unspecified atom stereocenters. The molecule has 0 fully saturated rings. The fourth-order valence-corrected chi connectivity index (χ4v) is 3.69. The van der Waals surface area contributed by atoms with Crippen LogP contribution in [0.25, 0.3) is 0 Å². The molecule has 8 heteroatoms. The second kappa shape index (κ2) is 10.1. The molecule has 0 aliphatic heterocycles. The molecule has 0 heterocycles. The fourth-order valence-electron chi connectivity index (χ4n) is 2.72. The van der Waals surface area contributed by atoms with E-state index in [1.165, 1.54) is 16.4 Å². The van der Waals surface area contributed by atoms with Crippen LogP contribution in [0.1, 0.15) is 25.3 Å². The number of ether oxygens (including phenoxy) is 1. The maximum Gasteiger partial charge on any atom is 0.232 e. The third kappa shape index (κ3) is 6.53. The summed E-state index contributed by atoms with van der Waals surface area (Å²) in [5.41, 5.74) is 1.11. The van der Waals surface area contributed by atoms with Gasteiger partial charge in [0.15, 0.2) is 0 Å². The van der Waals surface area contributed by atoms with Crippen molar-refractivity contribution >= 4 is 21.6 Å². The van der Waals surface area contributed by atoms with Crippen LogP contribution in [-0.4, -0.2) is 33.7 Å². The Bertz CT molecular complexity index is 903. The van der Waals surface area contributed by atoms with Crippen molar-refractivity contribution in [1.82, 2.24) is 5.32 Å². The Morgan fingerprint density at radius 1 is 1.18 bits per heavy atom. The SMILES string of the molecule is CCOc1ccccc1N(CCCC(=O)NCc1cccc(F)c1)S(C)(=O)=O. The largest absolute Gasteiger partial charge is 0.492 e. The van der Waals surface area contributed by atoms with Gasteiger partial charge < -0.3 is 10.1 Å².